The van der Waals surface area contributed by atoms with Crippen molar-refractivity contribution in [2.75, 3.05) is 43.9 Å². The Hall–Kier alpha value is -1.98. The number of hydrogen-bond acceptors (Lipinski definition) is 4. The van der Waals surface area contributed by atoms with Gasteiger partial charge in [-0.25, -0.2) is 4.79 Å². The first-order valence-electron chi connectivity index (χ1n) is 8.31. The summed E-state index contributed by atoms with van der Waals surface area (Å²) in [6.07, 6.45) is -0.284. The Morgan fingerprint density at radius 1 is 1.25 bits per heavy atom. The van der Waals surface area contributed by atoms with Crippen molar-refractivity contribution >= 4 is 34.2 Å². The number of rotatable bonds is 2. The smallest absolute Gasteiger partial charge is 0.409 e. The zero-order valence-electron chi connectivity index (χ0n) is 13.3. The maximum atomic E-state index is 12.5. The van der Waals surface area contributed by atoms with E-state index < -0.39 is 0 Å². The predicted octanol–water partition coefficient (Wildman–Crippen LogP) is 2.99. The Labute approximate surface area is 145 Å². The molecular formula is C18H20ClN3O2. The summed E-state index contributed by atoms with van der Waals surface area (Å²) in [7, 11) is 0. The number of anilines is 1. The van der Waals surface area contributed by atoms with Crippen LogP contribution in [0.2, 0.25) is 0 Å². The molecule has 0 saturated carbocycles. The highest BCUT2D eigenvalue weighted by Gasteiger charge is 2.27. The van der Waals surface area contributed by atoms with E-state index in [1.165, 1.54) is 5.56 Å². The van der Waals surface area contributed by atoms with Gasteiger partial charge in [-0.15, -0.1) is 11.6 Å². The number of benzene rings is 2. The van der Waals surface area contributed by atoms with Crippen LogP contribution in [0.25, 0.3) is 10.8 Å². The molecule has 0 radical (unpaired) electrons. The molecule has 126 valence electrons. The van der Waals surface area contributed by atoms with Gasteiger partial charge in [0.1, 0.15) is 5.75 Å². The lowest BCUT2D eigenvalue weighted by Gasteiger charge is -2.26. The predicted molar refractivity (Wildman–Crippen MR) is 96.4 cm³/mol. The van der Waals surface area contributed by atoms with Crippen molar-refractivity contribution in [3.8, 4) is 5.75 Å². The molecule has 0 spiro atoms. The van der Waals surface area contributed by atoms with E-state index in [0.29, 0.717) is 24.7 Å². The van der Waals surface area contributed by atoms with Gasteiger partial charge in [0.2, 0.25) is 0 Å². The Morgan fingerprint density at radius 3 is 2.75 bits per heavy atom. The monoisotopic (exact) mass is 345 g/mol. The number of nitrogens with one attached hydrogen (secondary N) is 2. The number of amides is 1. The SMILES string of the molecule is O=C(Oc1cc2c(c3ccccc13)[C@H](CCl)CN2)N1CCNCC1. The third kappa shape index (κ3) is 2.68. The van der Waals surface area contributed by atoms with Crippen molar-refractivity contribution in [3.63, 3.8) is 0 Å². The van der Waals surface area contributed by atoms with Gasteiger partial charge in [0.25, 0.3) is 0 Å². The lowest BCUT2D eigenvalue weighted by molar-refractivity contribution is 0.146. The molecule has 4 rings (SSSR count). The second kappa shape index (κ2) is 6.49. The summed E-state index contributed by atoms with van der Waals surface area (Å²) in [6.45, 7) is 3.78. The van der Waals surface area contributed by atoms with Crippen LogP contribution in [-0.2, 0) is 0 Å². The fraction of sp³-hybridized carbons (Fsp3) is 0.389. The quantitative estimate of drug-likeness (QED) is 0.822. The number of carbonyl (C=O) groups is 1. The number of nitrogens with zero attached hydrogens (tertiary/aromatic N) is 1. The van der Waals surface area contributed by atoms with Gasteiger partial charge >= 0.3 is 6.09 Å². The topological polar surface area (TPSA) is 53.6 Å². The summed E-state index contributed by atoms with van der Waals surface area (Å²) in [4.78, 5) is 14.2. The van der Waals surface area contributed by atoms with E-state index >= 15 is 0 Å². The highest BCUT2D eigenvalue weighted by atomic mass is 35.5. The fourth-order valence-electron chi connectivity index (χ4n) is 3.51. The van der Waals surface area contributed by atoms with Crippen LogP contribution >= 0.6 is 11.6 Å². The van der Waals surface area contributed by atoms with Crippen LogP contribution in [0.3, 0.4) is 0 Å². The van der Waals surface area contributed by atoms with Crippen LogP contribution in [0, 0.1) is 0 Å². The summed E-state index contributed by atoms with van der Waals surface area (Å²) in [5, 5.41) is 8.69. The van der Waals surface area contributed by atoms with E-state index in [0.717, 1.165) is 36.1 Å². The fourth-order valence-corrected chi connectivity index (χ4v) is 3.77. The van der Waals surface area contributed by atoms with E-state index in [1.54, 1.807) is 4.90 Å². The normalized spacial score (nSPS) is 19.9. The Balaban J connectivity index is 1.71. The molecule has 2 heterocycles. The van der Waals surface area contributed by atoms with Crippen molar-refractivity contribution in [1.29, 1.82) is 0 Å². The van der Waals surface area contributed by atoms with Gasteiger partial charge in [-0.2, -0.15) is 0 Å². The van der Waals surface area contributed by atoms with Gasteiger partial charge in [-0.1, -0.05) is 24.3 Å². The first-order chi connectivity index (χ1) is 11.8. The van der Waals surface area contributed by atoms with Gasteiger partial charge < -0.3 is 20.3 Å². The summed E-state index contributed by atoms with van der Waals surface area (Å²) in [5.74, 6) is 1.46. The van der Waals surface area contributed by atoms with Crippen LogP contribution < -0.4 is 15.4 Å². The van der Waals surface area contributed by atoms with Gasteiger partial charge in [0, 0.05) is 61.7 Å². The van der Waals surface area contributed by atoms with Crippen molar-refractivity contribution in [2.45, 2.75) is 5.92 Å². The van der Waals surface area contributed by atoms with Gasteiger partial charge in [0.15, 0.2) is 0 Å². The van der Waals surface area contributed by atoms with Crippen LogP contribution in [0.4, 0.5) is 10.5 Å². The zero-order valence-corrected chi connectivity index (χ0v) is 14.1. The second-order valence-electron chi connectivity index (χ2n) is 6.22. The van der Waals surface area contributed by atoms with Crippen molar-refractivity contribution < 1.29 is 9.53 Å². The minimum Gasteiger partial charge on any atom is -0.409 e. The lowest BCUT2D eigenvalue weighted by atomic mass is 9.95. The molecule has 24 heavy (non-hydrogen) atoms. The first-order valence-corrected chi connectivity index (χ1v) is 8.84. The number of halogens is 1. The maximum absolute atomic E-state index is 12.5. The highest BCUT2D eigenvalue weighted by molar-refractivity contribution is 6.18. The third-order valence-corrected chi connectivity index (χ3v) is 5.13. The largest absolute Gasteiger partial charge is 0.415 e. The molecule has 0 aliphatic carbocycles. The molecule has 1 amide bonds. The van der Waals surface area contributed by atoms with Crippen molar-refractivity contribution in [1.82, 2.24) is 10.2 Å². The van der Waals surface area contributed by atoms with Crippen LogP contribution in [0.15, 0.2) is 30.3 Å². The highest BCUT2D eigenvalue weighted by Crippen LogP contribution is 2.42. The van der Waals surface area contributed by atoms with Crippen molar-refractivity contribution in [3.05, 3.63) is 35.9 Å². The molecule has 0 bridgehead atoms. The van der Waals surface area contributed by atoms with E-state index in [9.17, 15) is 4.79 Å². The molecule has 1 atom stereocenters. The third-order valence-electron chi connectivity index (χ3n) is 4.75. The van der Waals surface area contributed by atoms with Gasteiger partial charge in [0.05, 0.1) is 0 Å². The summed E-state index contributed by atoms with van der Waals surface area (Å²) >= 11 is 6.12. The zero-order chi connectivity index (χ0) is 16.5. The number of hydrogen-bond donors (Lipinski definition) is 2. The summed E-state index contributed by atoms with van der Waals surface area (Å²) < 4.78 is 5.75. The average molecular weight is 346 g/mol. The molecule has 2 N–H and O–H groups in total. The molecular weight excluding hydrogens is 326 g/mol. The Bertz CT molecular complexity index is 774. The number of alkyl halides is 1. The molecule has 2 aliphatic rings. The minimum atomic E-state index is -0.284. The van der Waals surface area contributed by atoms with Crippen LogP contribution in [-0.4, -0.2) is 49.6 Å². The van der Waals surface area contributed by atoms with Gasteiger partial charge in [-0.05, 0) is 10.9 Å². The van der Waals surface area contributed by atoms with Crippen molar-refractivity contribution in [2.24, 2.45) is 0 Å². The Morgan fingerprint density at radius 2 is 2.00 bits per heavy atom. The van der Waals surface area contributed by atoms with Crippen LogP contribution in [0.1, 0.15) is 11.5 Å². The summed E-state index contributed by atoms with van der Waals surface area (Å²) in [5.41, 5.74) is 2.24. The maximum Gasteiger partial charge on any atom is 0.415 e. The molecule has 2 aliphatic heterocycles. The molecule has 2 aromatic rings. The van der Waals surface area contributed by atoms with E-state index in [2.05, 4.69) is 16.7 Å². The average Bonchev–Trinajstić information content (AvgIpc) is 3.05. The number of fused-ring (bicyclic) bond motifs is 3. The number of carbonyl (C=O) groups excluding carboxylic acids is 1. The van der Waals surface area contributed by atoms with E-state index in [-0.39, 0.29) is 12.0 Å². The molecule has 2 aromatic carbocycles. The van der Waals surface area contributed by atoms with E-state index in [4.69, 9.17) is 16.3 Å². The molecule has 0 aromatic heterocycles. The lowest BCUT2D eigenvalue weighted by Crippen LogP contribution is -2.47. The molecule has 1 fully saturated rings. The number of ether oxygens (including phenoxy) is 1. The molecule has 5 nitrogen and oxygen atoms in total. The molecule has 1 saturated heterocycles. The first kappa shape index (κ1) is 15.5. The molecule has 0 unspecified atom stereocenters. The second-order valence-corrected chi connectivity index (χ2v) is 6.53. The minimum absolute atomic E-state index is 0.282. The van der Waals surface area contributed by atoms with Gasteiger partial charge in [-0.3, -0.25) is 0 Å². The standard InChI is InChI=1S/C18H20ClN3O2/c19-10-12-11-21-15-9-16(13-3-1-2-4-14(13)17(12)15)24-18(23)22-7-5-20-6-8-22/h1-4,9,12,20-21H,5-8,10-11H2/t12-/m1/s1. The number of piperazine rings is 1. The molecule has 6 heteroatoms. The van der Waals surface area contributed by atoms with Crippen LogP contribution in [0.5, 0.6) is 5.75 Å². The Kier molecular flexibility index (Phi) is 4.21. The van der Waals surface area contributed by atoms with E-state index in [1.807, 2.05) is 24.3 Å². The summed E-state index contributed by atoms with van der Waals surface area (Å²) in [6, 6.07) is 9.98.